The topological polar surface area (TPSA) is 55.1 Å². The number of amides is 1. The zero-order valence-corrected chi connectivity index (χ0v) is 11.4. The molecular weight excluding hydrogens is 220 g/mol. The number of unbranched alkanes of at least 4 members (excludes halogenated alkanes) is 3. The molecule has 3 nitrogen and oxygen atoms in total. The Labute approximate surface area is 104 Å². The minimum Gasteiger partial charge on any atom is -0.355 e. The number of carbonyl (C=O) groups is 1. The van der Waals surface area contributed by atoms with Crippen LogP contribution < -0.4 is 11.1 Å². The molecule has 0 rings (SSSR count). The molecule has 3 N–H and O–H groups in total. The van der Waals surface area contributed by atoms with Crippen molar-refractivity contribution in [2.45, 2.75) is 51.5 Å². The fourth-order valence-electron chi connectivity index (χ4n) is 1.45. The summed E-state index contributed by atoms with van der Waals surface area (Å²) in [4.78, 5) is 11.5. The Kier molecular flexibility index (Phi) is 11.1. The van der Waals surface area contributed by atoms with Gasteiger partial charge in [-0.1, -0.05) is 26.2 Å². The maximum atomic E-state index is 11.5. The summed E-state index contributed by atoms with van der Waals surface area (Å²) in [6, 6.07) is -0.314. The van der Waals surface area contributed by atoms with E-state index in [0.29, 0.717) is 0 Å². The summed E-state index contributed by atoms with van der Waals surface area (Å²) in [5, 5.41) is 2.90. The average Bonchev–Trinajstić information content (AvgIpc) is 2.30. The number of hydrogen-bond acceptors (Lipinski definition) is 3. The largest absolute Gasteiger partial charge is 0.355 e. The van der Waals surface area contributed by atoms with Gasteiger partial charge in [0.25, 0.3) is 0 Å². The predicted octanol–water partition coefficient (Wildman–Crippen LogP) is 2.15. The van der Waals surface area contributed by atoms with Crippen LogP contribution >= 0.6 is 11.8 Å². The Balaban J connectivity index is 3.35. The first-order chi connectivity index (χ1) is 7.72. The van der Waals surface area contributed by atoms with Gasteiger partial charge >= 0.3 is 0 Å². The Bertz CT molecular complexity index is 176. The molecule has 0 aromatic heterocycles. The van der Waals surface area contributed by atoms with Crippen molar-refractivity contribution in [2.75, 3.05) is 18.6 Å². The number of nitrogens with two attached hydrogens (primary N) is 1. The predicted molar refractivity (Wildman–Crippen MR) is 72.7 cm³/mol. The van der Waals surface area contributed by atoms with E-state index in [0.717, 1.165) is 32.2 Å². The monoisotopic (exact) mass is 246 g/mol. The highest BCUT2D eigenvalue weighted by Crippen LogP contribution is 2.02. The van der Waals surface area contributed by atoms with Crippen LogP contribution in [0.5, 0.6) is 0 Å². The molecule has 4 heteroatoms. The summed E-state index contributed by atoms with van der Waals surface area (Å²) in [7, 11) is 0. The number of rotatable bonds is 10. The van der Waals surface area contributed by atoms with Gasteiger partial charge in [-0.05, 0) is 31.3 Å². The summed E-state index contributed by atoms with van der Waals surface area (Å²) >= 11 is 1.87. The molecule has 0 fully saturated rings. The van der Waals surface area contributed by atoms with Crippen molar-refractivity contribution in [3.05, 3.63) is 0 Å². The smallest absolute Gasteiger partial charge is 0.236 e. The van der Waals surface area contributed by atoms with Crippen LogP contribution in [0.2, 0.25) is 0 Å². The van der Waals surface area contributed by atoms with E-state index in [1.807, 2.05) is 11.8 Å². The molecule has 0 aliphatic carbocycles. The molecule has 0 saturated heterocycles. The second-order valence-electron chi connectivity index (χ2n) is 4.09. The van der Waals surface area contributed by atoms with Crippen LogP contribution in [-0.2, 0) is 4.79 Å². The highest BCUT2D eigenvalue weighted by atomic mass is 32.2. The van der Waals surface area contributed by atoms with Crippen LogP contribution in [0.3, 0.4) is 0 Å². The van der Waals surface area contributed by atoms with E-state index >= 15 is 0 Å². The van der Waals surface area contributed by atoms with Crippen LogP contribution in [0, 0.1) is 0 Å². The third-order valence-electron chi connectivity index (χ3n) is 2.53. The highest BCUT2D eigenvalue weighted by Gasteiger charge is 2.11. The number of nitrogens with one attached hydrogen (secondary N) is 1. The van der Waals surface area contributed by atoms with Crippen molar-refractivity contribution < 1.29 is 4.79 Å². The molecule has 0 aromatic rings. The van der Waals surface area contributed by atoms with Gasteiger partial charge in [0.2, 0.25) is 5.91 Å². The fraction of sp³-hybridized carbons (Fsp3) is 0.917. The van der Waals surface area contributed by atoms with Crippen LogP contribution in [0.25, 0.3) is 0 Å². The lowest BCUT2D eigenvalue weighted by Crippen LogP contribution is -2.40. The Hall–Kier alpha value is -0.220. The molecule has 96 valence electrons. The third kappa shape index (κ3) is 9.04. The van der Waals surface area contributed by atoms with Crippen molar-refractivity contribution in [2.24, 2.45) is 5.73 Å². The molecule has 0 saturated carbocycles. The van der Waals surface area contributed by atoms with Crippen molar-refractivity contribution in [1.82, 2.24) is 5.32 Å². The lowest BCUT2D eigenvalue weighted by atomic mass is 10.1. The van der Waals surface area contributed by atoms with E-state index in [-0.39, 0.29) is 11.9 Å². The molecule has 0 radical (unpaired) electrons. The minimum absolute atomic E-state index is 0.0123. The summed E-state index contributed by atoms with van der Waals surface area (Å²) in [6.45, 7) is 2.88. The van der Waals surface area contributed by atoms with Crippen molar-refractivity contribution >= 4 is 17.7 Å². The van der Waals surface area contributed by atoms with E-state index in [4.69, 9.17) is 5.73 Å². The Morgan fingerprint density at radius 2 is 2.06 bits per heavy atom. The first-order valence-corrected chi connectivity index (χ1v) is 7.64. The zero-order chi connectivity index (χ0) is 12.2. The van der Waals surface area contributed by atoms with Gasteiger partial charge in [0.05, 0.1) is 6.04 Å². The molecule has 1 atom stereocenters. The molecule has 1 amide bonds. The third-order valence-corrected chi connectivity index (χ3v) is 3.23. The quantitative estimate of drug-likeness (QED) is 0.581. The Morgan fingerprint density at radius 3 is 2.69 bits per heavy atom. The van der Waals surface area contributed by atoms with E-state index < -0.39 is 0 Å². The molecule has 0 spiro atoms. The molecule has 0 aliphatic heterocycles. The summed E-state index contributed by atoms with van der Waals surface area (Å²) in [5.74, 6) is 1.22. The van der Waals surface area contributed by atoms with E-state index in [1.54, 1.807) is 0 Å². The zero-order valence-electron chi connectivity index (χ0n) is 10.6. The van der Waals surface area contributed by atoms with Gasteiger partial charge in [0, 0.05) is 6.54 Å². The van der Waals surface area contributed by atoms with Crippen LogP contribution in [0.4, 0.5) is 0 Å². The second kappa shape index (κ2) is 11.3. The number of hydrogen-bond donors (Lipinski definition) is 2. The standard InChI is InChI=1S/C12H26N2OS/c1-3-4-8-11(13)12(15)14-9-6-5-7-10-16-2/h11H,3-10,13H2,1-2H3,(H,14,15). The van der Waals surface area contributed by atoms with E-state index in [2.05, 4.69) is 18.5 Å². The van der Waals surface area contributed by atoms with Gasteiger partial charge in [0.15, 0.2) is 0 Å². The maximum Gasteiger partial charge on any atom is 0.236 e. The maximum absolute atomic E-state index is 11.5. The molecule has 0 bridgehead atoms. The molecule has 16 heavy (non-hydrogen) atoms. The summed E-state index contributed by atoms with van der Waals surface area (Å²) < 4.78 is 0. The van der Waals surface area contributed by atoms with Gasteiger partial charge in [-0.2, -0.15) is 11.8 Å². The average molecular weight is 246 g/mol. The molecule has 0 heterocycles. The van der Waals surface area contributed by atoms with Crippen LogP contribution in [0.1, 0.15) is 45.4 Å². The molecular formula is C12H26N2OS. The van der Waals surface area contributed by atoms with Crippen molar-refractivity contribution in [3.63, 3.8) is 0 Å². The second-order valence-corrected chi connectivity index (χ2v) is 5.08. The van der Waals surface area contributed by atoms with Crippen molar-refractivity contribution in [1.29, 1.82) is 0 Å². The number of thioether (sulfide) groups is 1. The van der Waals surface area contributed by atoms with Gasteiger partial charge in [-0.25, -0.2) is 0 Å². The Morgan fingerprint density at radius 1 is 1.31 bits per heavy atom. The first kappa shape index (κ1) is 15.8. The van der Waals surface area contributed by atoms with Crippen LogP contribution in [0.15, 0.2) is 0 Å². The van der Waals surface area contributed by atoms with Gasteiger partial charge in [0.1, 0.15) is 0 Å². The highest BCUT2D eigenvalue weighted by molar-refractivity contribution is 7.98. The minimum atomic E-state index is -0.314. The SMILES string of the molecule is CCCCC(N)C(=O)NCCCCCSC. The first-order valence-electron chi connectivity index (χ1n) is 6.24. The molecule has 0 aliphatic rings. The number of carbonyl (C=O) groups excluding carboxylic acids is 1. The summed E-state index contributed by atoms with van der Waals surface area (Å²) in [6.07, 6.45) is 8.53. The van der Waals surface area contributed by atoms with Crippen LogP contribution in [-0.4, -0.2) is 30.5 Å². The van der Waals surface area contributed by atoms with E-state index in [1.165, 1.54) is 18.6 Å². The van der Waals surface area contributed by atoms with Gasteiger partial charge < -0.3 is 11.1 Å². The normalized spacial score (nSPS) is 12.4. The lowest BCUT2D eigenvalue weighted by Gasteiger charge is -2.11. The van der Waals surface area contributed by atoms with Gasteiger partial charge in [-0.3, -0.25) is 4.79 Å². The van der Waals surface area contributed by atoms with Crippen molar-refractivity contribution in [3.8, 4) is 0 Å². The molecule has 0 aromatic carbocycles. The fourth-order valence-corrected chi connectivity index (χ4v) is 1.94. The summed E-state index contributed by atoms with van der Waals surface area (Å²) in [5.41, 5.74) is 5.75. The lowest BCUT2D eigenvalue weighted by molar-refractivity contribution is -0.122. The van der Waals surface area contributed by atoms with Gasteiger partial charge in [-0.15, -0.1) is 0 Å². The van der Waals surface area contributed by atoms with E-state index in [9.17, 15) is 4.79 Å². The molecule has 1 unspecified atom stereocenters.